The molecule has 0 spiro atoms. The Kier molecular flexibility index (Phi) is 5.84. The molecule has 17 heavy (non-hydrogen) atoms. The van der Waals surface area contributed by atoms with Crippen molar-refractivity contribution in [2.45, 2.75) is 51.9 Å². The van der Waals surface area contributed by atoms with E-state index in [-0.39, 0.29) is 11.1 Å². The first-order chi connectivity index (χ1) is 7.53. The molecule has 4 nitrogen and oxygen atoms in total. The van der Waals surface area contributed by atoms with E-state index < -0.39 is 20.2 Å². The minimum absolute atomic E-state index is 0.101. The first-order valence-corrected chi connectivity index (χ1v) is 8.99. The average molecular weight is 261 g/mol. The van der Waals surface area contributed by atoms with Gasteiger partial charge in [0.2, 0.25) is 0 Å². The number of hydrogen-bond acceptors (Lipinski definition) is 3. The minimum atomic E-state index is -1.90. The van der Waals surface area contributed by atoms with E-state index >= 15 is 0 Å². The highest BCUT2D eigenvalue weighted by atomic mass is 28.4. The Hall–Kier alpha value is -0.393. The summed E-state index contributed by atoms with van der Waals surface area (Å²) in [5, 5.41) is 12.2. The normalized spacial score (nSPS) is 16.6. The molecule has 2 unspecified atom stereocenters. The molecule has 0 saturated heterocycles. The van der Waals surface area contributed by atoms with Gasteiger partial charge < -0.3 is 14.8 Å². The van der Waals surface area contributed by atoms with Crippen LogP contribution < -0.4 is 5.32 Å². The van der Waals surface area contributed by atoms with E-state index in [2.05, 4.69) is 39.2 Å². The van der Waals surface area contributed by atoms with E-state index in [4.69, 9.17) is 9.53 Å². The largest absolute Gasteiger partial charge is 0.481 e. The van der Waals surface area contributed by atoms with Crippen LogP contribution >= 0.6 is 0 Å². The quantitative estimate of drug-likeness (QED) is 0.720. The van der Waals surface area contributed by atoms with Crippen molar-refractivity contribution in [1.82, 2.24) is 5.32 Å². The Morgan fingerprint density at radius 2 is 1.88 bits per heavy atom. The smallest absolute Gasteiger partial charge is 0.310 e. The van der Waals surface area contributed by atoms with Gasteiger partial charge in [0, 0.05) is 6.54 Å². The molecule has 0 aromatic rings. The summed E-state index contributed by atoms with van der Waals surface area (Å²) in [5.74, 6) is -1.29. The number of nitrogens with one attached hydrogen (secondary N) is 1. The number of rotatable bonds is 6. The topological polar surface area (TPSA) is 58.6 Å². The molecule has 2 atom stereocenters. The van der Waals surface area contributed by atoms with Gasteiger partial charge in [-0.05, 0) is 32.1 Å². The summed E-state index contributed by atoms with van der Waals surface area (Å²) < 4.78 is 6.10. The Bertz CT molecular complexity index is 261. The maximum atomic E-state index is 11.2. The maximum Gasteiger partial charge on any atom is 0.310 e. The van der Waals surface area contributed by atoms with Gasteiger partial charge in [-0.15, -0.1) is 0 Å². The molecule has 0 aliphatic heterocycles. The molecule has 0 aromatic heterocycles. The Balaban J connectivity index is 4.71. The van der Waals surface area contributed by atoms with Crippen molar-refractivity contribution in [3.63, 3.8) is 0 Å². The Labute approximate surface area is 106 Å². The standard InChI is InChI=1S/C12H27NO3Si/c1-9(10(8-13-5)11(14)15)16-17(6,7)12(2,3)4/h9-10,13H,8H2,1-7H3,(H,14,15). The van der Waals surface area contributed by atoms with Crippen LogP contribution in [-0.4, -0.2) is 39.1 Å². The fourth-order valence-corrected chi connectivity index (χ4v) is 2.84. The van der Waals surface area contributed by atoms with Crippen molar-refractivity contribution in [3.8, 4) is 0 Å². The highest BCUT2D eigenvalue weighted by Crippen LogP contribution is 2.37. The van der Waals surface area contributed by atoms with Gasteiger partial charge in [-0.1, -0.05) is 20.8 Å². The first kappa shape index (κ1) is 16.6. The third-order valence-electron chi connectivity index (χ3n) is 3.59. The Morgan fingerprint density at radius 3 is 2.18 bits per heavy atom. The molecule has 5 heteroatoms. The minimum Gasteiger partial charge on any atom is -0.481 e. The molecule has 0 aliphatic carbocycles. The lowest BCUT2D eigenvalue weighted by atomic mass is 10.0. The van der Waals surface area contributed by atoms with Crippen molar-refractivity contribution < 1.29 is 14.3 Å². The van der Waals surface area contributed by atoms with Gasteiger partial charge in [-0.3, -0.25) is 4.79 Å². The van der Waals surface area contributed by atoms with Crippen LogP contribution in [0.1, 0.15) is 27.7 Å². The van der Waals surface area contributed by atoms with Gasteiger partial charge in [0.15, 0.2) is 8.32 Å². The SMILES string of the molecule is CNCC(C(=O)O)C(C)O[Si](C)(C)C(C)(C)C. The van der Waals surface area contributed by atoms with Crippen molar-refractivity contribution in [2.75, 3.05) is 13.6 Å². The lowest BCUT2D eigenvalue weighted by Crippen LogP contribution is -2.47. The van der Waals surface area contributed by atoms with Gasteiger partial charge >= 0.3 is 5.97 Å². The van der Waals surface area contributed by atoms with Gasteiger partial charge in [-0.2, -0.15) is 0 Å². The molecule has 0 saturated carbocycles. The summed E-state index contributed by atoms with van der Waals surface area (Å²) in [6.07, 6.45) is -0.263. The van der Waals surface area contributed by atoms with Gasteiger partial charge in [0.25, 0.3) is 0 Å². The van der Waals surface area contributed by atoms with Crippen LogP contribution in [0.5, 0.6) is 0 Å². The highest BCUT2D eigenvalue weighted by molar-refractivity contribution is 6.74. The summed E-state index contributed by atoms with van der Waals surface area (Å²) in [6.45, 7) is 13.0. The summed E-state index contributed by atoms with van der Waals surface area (Å²) >= 11 is 0. The molecule has 0 radical (unpaired) electrons. The zero-order valence-electron chi connectivity index (χ0n) is 12.1. The molecular formula is C12H27NO3Si. The van der Waals surface area contributed by atoms with E-state index in [1.807, 2.05) is 6.92 Å². The number of aliphatic carboxylic acids is 1. The van der Waals surface area contributed by atoms with Gasteiger partial charge in [0.1, 0.15) is 0 Å². The van der Waals surface area contributed by atoms with Gasteiger partial charge in [-0.25, -0.2) is 0 Å². The second-order valence-corrected chi connectivity index (χ2v) is 10.8. The fraction of sp³-hybridized carbons (Fsp3) is 0.917. The van der Waals surface area contributed by atoms with E-state index in [1.165, 1.54) is 0 Å². The summed E-state index contributed by atoms with van der Waals surface area (Å²) in [6, 6.07) is 0. The zero-order valence-corrected chi connectivity index (χ0v) is 13.1. The third-order valence-corrected chi connectivity index (χ3v) is 8.17. The Morgan fingerprint density at radius 1 is 1.41 bits per heavy atom. The number of carboxylic acid groups (broad SMARTS) is 1. The lowest BCUT2D eigenvalue weighted by Gasteiger charge is -2.39. The molecule has 0 heterocycles. The molecule has 0 rings (SSSR count). The molecule has 0 fully saturated rings. The molecule has 0 amide bonds. The number of carboxylic acids is 1. The number of carbonyl (C=O) groups is 1. The van der Waals surface area contributed by atoms with Crippen LogP contribution in [0.2, 0.25) is 18.1 Å². The van der Waals surface area contributed by atoms with E-state index in [9.17, 15) is 4.79 Å². The second-order valence-electron chi connectivity index (χ2n) is 6.09. The van der Waals surface area contributed by atoms with Crippen molar-refractivity contribution in [2.24, 2.45) is 5.92 Å². The molecule has 0 aliphatic rings. The fourth-order valence-electron chi connectivity index (χ4n) is 1.40. The summed E-state index contributed by atoms with van der Waals surface area (Å²) in [4.78, 5) is 11.2. The van der Waals surface area contributed by atoms with Crippen LogP contribution in [0.25, 0.3) is 0 Å². The summed E-state index contributed by atoms with van der Waals surface area (Å²) in [7, 11) is -0.138. The molecule has 0 aromatic carbocycles. The molecule has 0 bridgehead atoms. The third kappa shape index (κ3) is 4.77. The van der Waals surface area contributed by atoms with Crippen molar-refractivity contribution in [1.29, 1.82) is 0 Å². The van der Waals surface area contributed by atoms with E-state index in [0.717, 1.165) is 0 Å². The van der Waals surface area contributed by atoms with Crippen LogP contribution in [-0.2, 0) is 9.22 Å². The number of hydrogen-bond donors (Lipinski definition) is 2. The van der Waals surface area contributed by atoms with Crippen LogP contribution in [0.3, 0.4) is 0 Å². The van der Waals surface area contributed by atoms with Crippen molar-refractivity contribution >= 4 is 14.3 Å². The summed E-state index contributed by atoms with van der Waals surface area (Å²) in [5.41, 5.74) is 0. The van der Waals surface area contributed by atoms with Crippen molar-refractivity contribution in [3.05, 3.63) is 0 Å². The average Bonchev–Trinajstić information content (AvgIpc) is 2.10. The molecular weight excluding hydrogens is 234 g/mol. The van der Waals surface area contributed by atoms with E-state index in [0.29, 0.717) is 6.54 Å². The molecule has 102 valence electrons. The second kappa shape index (κ2) is 5.98. The maximum absolute atomic E-state index is 11.2. The lowest BCUT2D eigenvalue weighted by molar-refractivity contribution is -0.144. The van der Waals surface area contributed by atoms with Gasteiger partial charge in [0.05, 0.1) is 12.0 Å². The first-order valence-electron chi connectivity index (χ1n) is 6.08. The van der Waals surface area contributed by atoms with Crippen LogP contribution in [0, 0.1) is 5.92 Å². The highest BCUT2D eigenvalue weighted by Gasteiger charge is 2.40. The van der Waals surface area contributed by atoms with Crippen LogP contribution in [0.4, 0.5) is 0 Å². The predicted molar refractivity (Wildman–Crippen MR) is 72.8 cm³/mol. The zero-order chi connectivity index (χ0) is 13.9. The monoisotopic (exact) mass is 261 g/mol. The van der Waals surface area contributed by atoms with E-state index in [1.54, 1.807) is 7.05 Å². The van der Waals surface area contributed by atoms with Crippen LogP contribution in [0.15, 0.2) is 0 Å². The predicted octanol–water partition coefficient (Wildman–Crippen LogP) is 2.32. The molecule has 2 N–H and O–H groups in total.